The van der Waals surface area contributed by atoms with E-state index in [1.807, 2.05) is 19.0 Å². The molecular weight excluding hydrogens is 306 g/mol. The van der Waals surface area contributed by atoms with Gasteiger partial charge >= 0.3 is 0 Å². The number of anilines is 1. The third-order valence-corrected chi connectivity index (χ3v) is 5.30. The molecule has 1 aromatic rings. The van der Waals surface area contributed by atoms with E-state index in [0.29, 0.717) is 25.6 Å². The highest BCUT2D eigenvalue weighted by Crippen LogP contribution is 2.44. The maximum absolute atomic E-state index is 13.1. The number of nitrogens with zero attached hydrogens (tertiary/aromatic N) is 5. The van der Waals surface area contributed by atoms with Crippen LogP contribution in [0, 0.1) is 11.3 Å². The second kappa shape index (κ2) is 6.37. The van der Waals surface area contributed by atoms with Crippen LogP contribution in [0.1, 0.15) is 19.8 Å². The van der Waals surface area contributed by atoms with Crippen molar-refractivity contribution in [3.8, 4) is 0 Å². The van der Waals surface area contributed by atoms with Gasteiger partial charge in [0.2, 0.25) is 17.8 Å². The summed E-state index contributed by atoms with van der Waals surface area (Å²) < 4.78 is 0. The Kier molecular flexibility index (Phi) is 4.43. The van der Waals surface area contributed by atoms with Crippen LogP contribution in [-0.4, -0.2) is 71.9 Å². The molecule has 0 bridgehead atoms. The van der Waals surface area contributed by atoms with E-state index in [2.05, 4.69) is 14.9 Å². The molecule has 3 heterocycles. The molecule has 0 N–H and O–H groups in total. The van der Waals surface area contributed by atoms with Crippen molar-refractivity contribution in [3.05, 3.63) is 18.5 Å². The van der Waals surface area contributed by atoms with Crippen molar-refractivity contribution in [1.82, 2.24) is 19.8 Å². The standard InChI is InChI=1S/C17H25N5O2/c1-13(23)21-9-4-6-17(15(24)20(2)3)12-22(11-14(17)10-21)16-18-7-5-8-19-16/h5,7-8,14H,4,6,9-12H2,1-3H3/t14-,17-/m1/s1. The van der Waals surface area contributed by atoms with Crippen LogP contribution in [0.2, 0.25) is 0 Å². The van der Waals surface area contributed by atoms with Crippen molar-refractivity contribution in [2.75, 3.05) is 45.2 Å². The zero-order valence-electron chi connectivity index (χ0n) is 14.6. The molecule has 2 amide bonds. The summed E-state index contributed by atoms with van der Waals surface area (Å²) in [6.45, 7) is 4.28. The molecule has 24 heavy (non-hydrogen) atoms. The molecule has 0 unspecified atom stereocenters. The first-order chi connectivity index (χ1) is 11.4. The molecule has 7 heteroatoms. The third kappa shape index (κ3) is 2.83. The number of fused-ring (bicyclic) bond motifs is 1. The average molecular weight is 331 g/mol. The summed E-state index contributed by atoms with van der Waals surface area (Å²) in [5, 5.41) is 0. The Morgan fingerprint density at radius 3 is 2.58 bits per heavy atom. The minimum atomic E-state index is -0.465. The molecule has 2 atom stereocenters. The van der Waals surface area contributed by atoms with E-state index in [1.54, 1.807) is 30.3 Å². The Morgan fingerprint density at radius 2 is 1.96 bits per heavy atom. The van der Waals surface area contributed by atoms with Crippen LogP contribution in [0.4, 0.5) is 5.95 Å². The summed E-state index contributed by atoms with van der Waals surface area (Å²) in [7, 11) is 3.62. The third-order valence-electron chi connectivity index (χ3n) is 5.30. The summed E-state index contributed by atoms with van der Waals surface area (Å²) in [6.07, 6.45) is 5.08. The molecule has 2 saturated heterocycles. The Hall–Kier alpha value is -2.18. The van der Waals surface area contributed by atoms with E-state index in [4.69, 9.17) is 0 Å². The molecule has 2 aliphatic rings. The molecule has 1 aromatic heterocycles. The molecule has 3 rings (SSSR count). The summed E-state index contributed by atoms with van der Waals surface area (Å²) in [4.78, 5) is 39.3. The van der Waals surface area contributed by atoms with Gasteiger partial charge in [0.05, 0.1) is 5.41 Å². The first-order valence-electron chi connectivity index (χ1n) is 8.43. The van der Waals surface area contributed by atoms with Gasteiger partial charge in [-0.05, 0) is 18.9 Å². The van der Waals surface area contributed by atoms with Gasteiger partial charge in [-0.1, -0.05) is 0 Å². The van der Waals surface area contributed by atoms with E-state index in [9.17, 15) is 9.59 Å². The number of rotatable bonds is 2. The van der Waals surface area contributed by atoms with Gasteiger partial charge in [0.1, 0.15) is 0 Å². The summed E-state index contributed by atoms with van der Waals surface area (Å²) >= 11 is 0. The molecule has 2 aliphatic heterocycles. The lowest BCUT2D eigenvalue weighted by atomic mass is 9.74. The Bertz CT molecular complexity index is 621. The highest BCUT2D eigenvalue weighted by atomic mass is 16.2. The van der Waals surface area contributed by atoms with Crippen LogP contribution >= 0.6 is 0 Å². The van der Waals surface area contributed by atoms with Gasteiger partial charge in [0.15, 0.2) is 0 Å². The van der Waals surface area contributed by atoms with Crippen LogP contribution in [0.15, 0.2) is 18.5 Å². The first kappa shape index (κ1) is 16.7. The second-order valence-electron chi connectivity index (χ2n) is 7.05. The van der Waals surface area contributed by atoms with E-state index >= 15 is 0 Å². The second-order valence-corrected chi connectivity index (χ2v) is 7.05. The Labute approximate surface area is 142 Å². The van der Waals surface area contributed by atoms with E-state index in [-0.39, 0.29) is 17.7 Å². The minimum Gasteiger partial charge on any atom is -0.348 e. The maximum Gasteiger partial charge on any atom is 0.230 e. The molecule has 2 fully saturated rings. The van der Waals surface area contributed by atoms with Gasteiger partial charge in [0, 0.05) is 65.5 Å². The number of carbonyl (C=O) groups is 2. The van der Waals surface area contributed by atoms with Gasteiger partial charge < -0.3 is 14.7 Å². The molecule has 0 saturated carbocycles. The zero-order chi connectivity index (χ0) is 17.3. The van der Waals surface area contributed by atoms with Crippen molar-refractivity contribution in [1.29, 1.82) is 0 Å². The lowest BCUT2D eigenvalue weighted by molar-refractivity contribution is -0.141. The SMILES string of the molecule is CC(=O)N1CCC[C@@]2(C(=O)N(C)C)CN(c3ncccn3)C[C@H]2C1. The highest BCUT2D eigenvalue weighted by Gasteiger charge is 2.54. The van der Waals surface area contributed by atoms with Crippen molar-refractivity contribution in [2.45, 2.75) is 19.8 Å². The quantitative estimate of drug-likeness (QED) is 0.795. The largest absolute Gasteiger partial charge is 0.348 e. The Balaban J connectivity index is 1.94. The van der Waals surface area contributed by atoms with Gasteiger partial charge in [-0.15, -0.1) is 0 Å². The van der Waals surface area contributed by atoms with E-state index < -0.39 is 5.41 Å². The van der Waals surface area contributed by atoms with Gasteiger partial charge in [-0.25, -0.2) is 9.97 Å². The van der Waals surface area contributed by atoms with Crippen molar-refractivity contribution in [2.24, 2.45) is 11.3 Å². The topological polar surface area (TPSA) is 69.6 Å². The van der Waals surface area contributed by atoms with Crippen molar-refractivity contribution >= 4 is 17.8 Å². The van der Waals surface area contributed by atoms with Crippen LogP contribution in [0.3, 0.4) is 0 Å². The van der Waals surface area contributed by atoms with Crippen LogP contribution in [0.25, 0.3) is 0 Å². The normalized spacial score (nSPS) is 26.7. The van der Waals surface area contributed by atoms with Gasteiger partial charge in [-0.2, -0.15) is 0 Å². The molecule has 130 valence electrons. The van der Waals surface area contributed by atoms with Crippen molar-refractivity contribution in [3.63, 3.8) is 0 Å². The molecule has 0 aliphatic carbocycles. The van der Waals surface area contributed by atoms with E-state index in [0.717, 1.165) is 19.4 Å². The molecule has 0 radical (unpaired) electrons. The fraction of sp³-hybridized carbons (Fsp3) is 0.647. The lowest BCUT2D eigenvalue weighted by Crippen LogP contribution is -2.47. The van der Waals surface area contributed by atoms with Crippen LogP contribution < -0.4 is 4.90 Å². The smallest absolute Gasteiger partial charge is 0.230 e. The van der Waals surface area contributed by atoms with Crippen LogP contribution in [0.5, 0.6) is 0 Å². The number of hydrogen-bond donors (Lipinski definition) is 0. The van der Waals surface area contributed by atoms with Gasteiger partial charge in [-0.3, -0.25) is 9.59 Å². The average Bonchev–Trinajstić information content (AvgIpc) is 2.83. The monoisotopic (exact) mass is 331 g/mol. The van der Waals surface area contributed by atoms with Crippen LogP contribution in [-0.2, 0) is 9.59 Å². The fourth-order valence-corrected chi connectivity index (χ4v) is 4.12. The number of hydrogen-bond acceptors (Lipinski definition) is 5. The first-order valence-corrected chi connectivity index (χ1v) is 8.43. The summed E-state index contributed by atoms with van der Waals surface area (Å²) in [5.74, 6) is 0.988. The van der Waals surface area contributed by atoms with Crippen molar-refractivity contribution < 1.29 is 9.59 Å². The molecule has 0 aromatic carbocycles. The summed E-state index contributed by atoms with van der Waals surface area (Å²) in [6, 6.07) is 1.79. The lowest BCUT2D eigenvalue weighted by Gasteiger charge is -2.34. The molecule has 0 spiro atoms. The zero-order valence-corrected chi connectivity index (χ0v) is 14.6. The van der Waals surface area contributed by atoms with Gasteiger partial charge in [0.25, 0.3) is 0 Å². The maximum atomic E-state index is 13.1. The number of amides is 2. The number of likely N-dealkylation sites (tertiary alicyclic amines) is 1. The number of carbonyl (C=O) groups excluding carboxylic acids is 2. The minimum absolute atomic E-state index is 0.0810. The summed E-state index contributed by atoms with van der Waals surface area (Å²) in [5.41, 5.74) is -0.465. The predicted molar refractivity (Wildman–Crippen MR) is 90.4 cm³/mol. The highest BCUT2D eigenvalue weighted by molar-refractivity contribution is 5.84. The van der Waals surface area contributed by atoms with E-state index in [1.165, 1.54) is 0 Å². The molecular formula is C17H25N5O2. The predicted octanol–water partition coefficient (Wildman–Crippen LogP) is 0.630. The number of aromatic nitrogens is 2. The molecule has 7 nitrogen and oxygen atoms in total. The fourth-order valence-electron chi connectivity index (χ4n) is 4.12. The Morgan fingerprint density at radius 1 is 1.25 bits per heavy atom.